The van der Waals surface area contributed by atoms with Crippen molar-refractivity contribution in [2.45, 2.75) is 20.0 Å². The summed E-state index contributed by atoms with van der Waals surface area (Å²) >= 11 is 0. The molecule has 0 aliphatic rings. The van der Waals surface area contributed by atoms with Gasteiger partial charge in [-0.3, -0.25) is 4.79 Å². The molecule has 0 bridgehead atoms. The van der Waals surface area contributed by atoms with Crippen LogP contribution in [0.15, 0.2) is 67.0 Å². The second-order valence-electron chi connectivity index (χ2n) is 6.04. The summed E-state index contributed by atoms with van der Waals surface area (Å²) in [7, 11) is 0. The third-order valence-electron chi connectivity index (χ3n) is 4.20. The highest BCUT2D eigenvalue weighted by Gasteiger charge is 2.13. The quantitative estimate of drug-likeness (QED) is 0.696. The van der Waals surface area contributed by atoms with Crippen LogP contribution < -0.4 is 10.2 Å². The van der Waals surface area contributed by atoms with Gasteiger partial charge >= 0.3 is 0 Å². The van der Waals surface area contributed by atoms with E-state index in [1.807, 2.05) is 37.3 Å². The highest BCUT2D eigenvalue weighted by Crippen LogP contribution is 2.15. The summed E-state index contributed by atoms with van der Waals surface area (Å²) < 4.78 is 13.7. The van der Waals surface area contributed by atoms with Gasteiger partial charge in [0.05, 0.1) is 0 Å². The maximum Gasteiger partial charge on any atom is 0.270 e. The number of anilines is 1. The molecule has 0 aliphatic carbocycles. The van der Waals surface area contributed by atoms with E-state index in [0.717, 1.165) is 12.1 Å². The molecule has 1 N–H and O–H groups in total. The van der Waals surface area contributed by atoms with Crippen LogP contribution in [0.2, 0.25) is 0 Å². The summed E-state index contributed by atoms with van der Waals surface area (Å²) in [6, 6.07) is 18.1. The van der Waals surface area contributed by atoms with Crippen molar-refractivity contribution in [1.82, 2.24) is 15.3 Å². The number of halogens is 1. The lowest BCUT2D eigenvalue weighted by Crippen LogP contribution is -2.26. The first kappa shape index (κ1) is 18.5. The Balaban J connectivity index is 1.70. The lowest BCUT2D eigenvalue weighted by Gasteiger charge is -2.22. The third kappa shape index (κ3) is 4.88. The molecule has 0 saturated carbocycles. The lowest BCUT2D eigenvalue weighted by atomic mass is 10.2. The average molecular weight is 364 g/mol. The molecule has 1 amide bonds. The molecule has 0 atom stereocenters. The van der Waals surface area contributed by atoms with Crippen LogP contribution in [0.3, 0.4) is 0 Å². The van der Waals surface area contributed by atoms with Gasteiger partial charge in [-0.15, -0.1) is 0 Å². The van der Waals surface area contributed by atoms with Gasteiger partial charge in [-0.1, -0.05) is 48.5 Å². The van der Waals surface area contributed by atoms with E-state index in [9.17, 15) is 9.18 Å². The number of benzene rings is 2. The minimum absolute atomic E-state index is 0.104. The van der Waals surface area contributed by atoms with Crippen LogP contribution in [0.5, 0.6) is 0 Å². The number of carbonyl (C=O) groups excluding carboxylic acids is 1. The van der Waals surface area contributed by atoms with Crippen LogP contribution in [0.4, 0.5) is 10.2 Å². The van der Waals surface area contributed by atoms with E-state index in [-0.39, 0.29) is 24.0 Å². The lowest BCUT2D eigenvalue weighted by molar-refractivity contribution is 0.0945. The first-order chi connectivity index (χ1) is 13.2. The monoisotopic (exact) mass is 364 g/mol. The van der Waals surface area contributed by atoms with Crippen molar-refractivity contribution in [3.63, 3.8) is 0 Å². The van der Waals surface area contributed by atoms with Crippen LogP contribution in [-0.2, 0) is 13.1 Å². The molecule has 1 heterocycles. The first-order valence-corrected chi connectivity index (χ1v) is 8.80. The molecule has 0 aliphatic heterocycles. The van der Waals surface area contributed by atoms with Gasteiger partial charge in [-0.05, 0) is 18.6 Å². The van der Waals surface area contributed by atoms with Crippen molar-refractivity contribution in [1.29, 1.82) is 0 Å². The fourth-order valence-electron chi connectivity index (χ4n) is 2.71. The van der Waals surface area contributed by atoms with E-state index < -0.39 is 0 Å². The zero-order valence-electron chi connectivity index (χ0n) is 15.1. The molecule has 5 nitrogen and oxygen atoms in total. The van der Waals surface area contributed by atoms with Gasteiger partial charge in [-0.25, -0.2) is 14.4 Å². The maximum absolute atomic E-state index is 13.7. The van der Waals surface area contributed by atoms with E-state index in [2.05, 4.69) is 20.2 Å². The Morgan fingerprint density at radius 3 is 2.56 bits per heavy atom. The highest BCUT2D eigenvalue weighted by atomic mass is 19.1. The predicted octanol–water partition coefficient (Wildman–Crippen LogP) is 3.57. The van der Waals surface area contributed by atoms with Crippen LogP contribution >= 0.6 is 0 Å². The number of rotatable bonds is 7. The number of aromatic nitrogens is 2. The molecule has 138 valence electrons. The van der Waals surface area contributed by atoms with Crippen molar-refractivity contribution < 1.29 is 9.18 Å². The van der Waals surface area contributed by atoms with E-state index >= 15 is 0 Å². The summed E-state index contributed by atoms with van der Waals surface area (Å²) in [5.74, 6) is -0.0359. The van der Waals surface area contributed by atoms with Crippen LogP contribution in [-0.4, -0.2) is 22.4 Å². The van der Waals surface area contributed by atoms with Gasteiger partial charge < -0.3 is 10.2 Å². The van der Waals surface area contributed by atoms with Crippen LogP contribution in [0, 0.1) is 5.82 Å². The molecule has 3 rings (SSSR count). The molecule has 0 radical (unpaired) electrons. The molecular formula is C21H21FN4O. The topological polar surface area (TPSA) is 58.1 Å². The normalized spacial score (nSPS) is 10.4. The molecule has 2 aromatic carbocycles. The number of carbonyl (C=O) groups is 1. The highest BCUT2D eigenvalue weighted by molar-refractivity contribution is 5.92. The van der Waals surface area contributed by atoms with Gasteiger partial charge in [0.15, 0.2) is 0 Å². The predicted molar refractivity (Wildman–Crippen MR) is 103 cm³/mol. The van der Waals surface area contributed by atoms with Crippen molar-refractivity contribution in [2.75, 3.05) is 11.4 Å². The van der Waals surface area contributed by atoms with E-state index in [0.29, 0.717) is 17.9 Å². The molecule has 0 unspecified atom stereocenters. The van der Waals surface area contributed by atoms with Crippen molar-refractivity contribution in [3.8, 4) is 0 Å². The van der Waals surface area contributed by atoms with Crippen molar-refractivity contribution >= 4 is 11.7 Å². The molecule has 6 heteroatoms. The average Bonchev–Trinajstić information content (AvgIpc) is 2.72. The maximum atomic E-state index is 13.7. The Kier molecular flexibility index (Phi) is 6.10. The second-order valence-corrected chi connectivity index (χ2v) is 6.04. The summed E-state index contributed by atoms with van der Waals surface area (Å²) in [4.78, 5) is 22.8. The third-order valence-corrected chi connectivity index (χ3v) is 4.20. The number of nitrogens with one attached hydrogen (secondary N) is 1. The standard InChI is InChI=1S/C21H21FN4O/c1-2-26(14-16-8-4-3-5-9-16)20-12-19(24-15-25-20)21(27)23-13-17-10-6-7-11-18(17)22/h3-12,15H,2,13-14H2,1H3,(H,23,27). The Hall–Kier alpha value is -3.28. The zero-order valence-corrected chi connectivity index (χ0v) is 15.1. The van der Waals surface area contributed by atoms with Gasteiger partial charge in [0.1, 0.15) is 23.7 Å². The minimum Gasteiger partial charge on any atom is -0.352 e. The Morgan fingerprint density at radius 2 is 1.81 bits per heavy atom. The van der Waals surface area contributed by atoms with Crippen molar-refractivity contribution in [2.24, 2.45) is 0 Å². The SMILES string of the molecule is CCN(Cc1ccccc1)c1cc(C(=O)NCc2ccccc2F)ncn1. The van der Waals surface area contributed by atoms with E-state index in [4.69, 9.17) is 0 Å². The Morgan fingerprint density at radius 1 is 1.07 bits per heavy atom. The Labute approximate surface area is 157 Å². The second kappa shape index (κ2) is 8.89. The van der Waals surface area contributed by atoms with Crippen LogP contribution in [0.25, 0.3) is 0 Å². The van der Waals surface area contributed by atoms with Gasteiger partial charge in [0, 0.05) is 31.3 Å². The van der Waals surface area contributed by atoms with Crippen LogP contribution in [0.1, 0.15) is 28.5 Å². The number of nitrogens with zero attached hydrogens (tertiary/aromatic N) is 3. The smallest absolute Gasteiger partial charge is 0.270 e. The molecular weight excluding hydrogens is 343 g/mol. The molecule has 27 heavy (non-hydrogen) atoms. The fourth-order valence-corrected chi connectivity index (χ4v) is 2.71. The van der Waals surface area contributed by atoms with Crippen molar-refractivity contribution in [3.05, 3.63) is 89.6 Å². The van der Waals surface area contributed by atoms with Gasteiger partial charge in [-0.2, -0.15) is 0 Å². The Bertz CT molecular complexity index is 901. The van der Waals surface area contributed by atoms with E-state index in [1.165, 1.54) is 12.4 Å². The molecule has 1 aromatic heterocycles. The summed E-state index contributed by atoms with van der Waals surface area (Å²) in [6.45, 7) is 3.56. The largest absolute Gasteiger partial charge is 0.352 e. The molecule has 0 spiro atoms. The minimum atomic E-state index is -0.363. The molecule has 0 fully saturated rings. The zero-order chi connectivity index (χ0) is 19.1. The molecule has 0 saturated heterocycles. The summed E-state index contributed by atoms with van der Waals surface area (Å²) in [5, 5.41) is 2.70. The van der Waals surface area contributed by atoms with Gasteiger partial charge in [0.25, 0.3) is 5.91 Å². The number of amides is 1. The fraction of sp³-hybridized carbons (Fsp3) is 0.190. The van der Waals surface area contributed by atoms with Gasteiger partial charge in [0.2, 0.25) is 0 Å². The molecule has 3 aromatic rings. The first-order valence-electron chi connectivity index (χ1n) is 8.80. The number of hydrogen-bond donors (Lipinski definition) is 1. The summed E-state index contributed by atoms with van der Waals surface area (Å²) in [6.07, 6.45) is 1.38. The number of hydrogen-bond acceptors (Lipinski definition) is 4. The van der Waals surface area contributed by atoms with E-state index in [1.54, 1.807) is 24.3 Å². The summed E-state index contributed by atoms with van der Waals surface area (Å²) in [5.41, 5.74) is 1.84.